The lowest BCUT2D eigenvalue weighted by molar-refractivity contribution is -0.302. The van der Waals surface area contributed by atoms with Gasteiger partial charge in [-0.1, -0.05) is 45.0 Å². The van der Waals surface area contributed by atoms with Crippen molar-refractivity contribution in [1.82, 2.24) is 14.9 Å². The van der Waals surface area contributed by atoms with Gasteiger partial charge in [0, 0.05) is 47.7 Å². The number of aliphatic hydroxyl groups excluding tert-OH is 1. The number of ketones is 1. The summed E-state index contributed by atoms with van der Waals surface area (Å²) in [7, 11) is 3.81. The lowest BCUT2D eigenvalue weighted by Crippen LogP contribution is -2.60. The van der Waals surface area contributed by atoms with E-state index in [1.165, 1.54) is 0 Å². The van der Waals surface area contributed by atoms with Crippen molar-refractivity contribution in [2.45, 2.75) is 142 Å². The zero-order valence-corrected chi connectivity index (χ0v) is 35.6. The van der Waals surface area contributed by atoms with Crippen LogP contribution in [0.1, 0.15) is 86.6 Å². The van der Waals surface area contributed by atoms with Crippen LogP contribution >= 0.6 is 0 Å². The Morgan fingerprint density at radius 2 is 1.76 bits per heavy atom. The molecule has 15 heteroatoms. The minimum Gasteiger partial charge on any atom is -0.458 e. The van der Waals surface area contributed by atoms with E-state index in [-0.39, 0.29) is 50.6 Å². The molecule has 4 aliphatic heterocycles. The molecule has 320 valence electrons. The van der Waals surface area contributed by atoms with Gasteiger partial charge in [0.25, 0.3) is 0 Å². The van der Waals surface area contributed by atoms with Crippen molar-refractivity contribution in [2.24, 2.45) is 34.7 Å². The van der Waals surface area contributed by atoms with E-state index in [1.54, 1.807) is 26.2 Å². The smallest absolute Gasteiger partial charge is 0.311 e. The molecule has 1 aromatic carbocycles. The molecule has 0 unspecified atom stereocenters. The molecule has 0 radical (unpaired) electrons. The number of ether oxygens (including phenoxy) is 6. The van der Waals surface area contributed by atoms with E-state index in [1.807, 2.05) is 78.7 Å². The summed E-state index contributed by atoms with van der Waals surface area (Å²) in [4.78, 5) is 58.6. The van der Waals surface area contributed by atoms with E-state index in [0.29, 0.717) is 24.1 Å². The van der Waals surface area contributed by atoms with Gasteiger partial charge >= 0.3 is 11.9 Å². The number of hydrogen-bond acceptors (Lipinski definition) is 15. The molecule has 4 aliphatic rings. The van der Waals surface area contributed by atoms with Gasteiger partial charge < -0.3 is 43.3 Å². The van der Waals surface area contributed by atoms with E-state index in [9.17, 15) is 19.5 Å². The lowest BCUT2D eigenvalue weighted by Gasteiger charge is -2.48. The number of esters is 2. The SMILES string of the molecule is CC[C@H]1OC(=O)[C@H](C)[C@H]2OC/C(=N/OCc3cccc4nccnc34)CO[C@](C)(C[C@@H](C)C(=O)[C@H](C)[C@@H]3CC(=O)O[C@]13C)[C@H](O[C@@H]1O[C@H](C)C[C@H](N(C)C)[C@H]1O)[C@H]2C. The van der Waals surface area contributed by atoms with Crippen LogP contribution in [0.4, 0.5) is 0 Å². The van der Waals surface area contributed by atoms with Gasteiger partial charge in [-0.2, -0.15) is 0 Å². The summed E-state index contributed by atoms with van der Waals surface area (Å²) in [6.07, 6.45) is -0.459. The Kier molecular flexibility index (Phi) is 13.6. The van der Waals surface area contributed by atoms with Crippen molar-refractivity contribution >= 4 is 34.5 Å². The molecule has 4 saturated heterocycles. The van der Waals surface area contributed by atoms with Crippen molar-refractivity contribution in [3.05, 3.63) is 36.2 Å². The number of likely N-dealkylation sites (N-methyl/N-ethyl adjacent to an activating group) is 1. The first-order valence-corrected chi connectivity index (χ1v) is 20.7. The minimum atomic E-state index is -1.24. The summed E-state index contributed by atoms with van der Waals surface area (Å²) in [5.74, 6) is -4.28. The number of hydrogen-bond donors (Lipinski definition) is 1. The molecule has 14 atom stereocenters. The quantitative estimate of drug-likeness (QED) is 0.302. The second-order valence-electron chi connectivity index (χ2n) is 17.5. The average molecular weight is 811 g/mol. The first-order chi connectivity index (χ1) is 27.5. The first-order valence-electron chi connectivity index (χ1n) is 20.7. The molecular weight excluding hydrogens is 748 g/mol. The molecule has 2 aromatic rings. The summed E-state index contributed by atoms with van der Waals surface area (Å²) in [6.45, 7) is 14.8. The highest BCUT2D eigenvalue weighted by Gasteiger charge is 2.57. The average Bonchev–Trinajstić information content (AvgIpc) is 3.52. The summed E-state index contributed by atoms with van der Waals surface area (Å²) in [6, 6.07) is 5.39. The maximum absolute atomic E-state index is 14.6. The maximum atomic E-state index is 14.6. The third-order valence-electron chi connectivity index (χ3n) is 13.0. The number of aromatic nitrogens is 2. The van der Waals surface area contributed by atoms with Crippen molar-refractivity contribution in [3.63, 3.8) is 0 Å². The molecule has 0 spiro atoms. The normalized spacial score (nSPS) is 40.0. The van der Waals surface area contributed by atoms with Crippen LogP contribution < -0.4 is 0 Å². The summed E-state index contributed by atoms with van der Waals surface area (Å²) in [5, 5.41) is 16.2. The van der Waals surface area contributed by atoms with Crippen LogP contribution in [-0.2, 0) is 54.2 Å². The van der Waals surface area contributed by atoms with E-state index in [4.69, 9.17) is 33.3 Å². The van der Waals surface area contributed by atoms with Crippen molar-refractivity contribution in [2.75, 3.05) is 27.3 Å². The van der Waals surface area contributed by atoms with E-state index in [2.05, 4.69) is 15.1 Å². The summed E-state index contributed by atoms with van der Waals surface area (Å²) in [5.41, 5.74) is 0.160. The van der Waals surface area contributed by atoms with Gasteiger partial charge in [0.15, 0.2) is 6.29 Å². The Hall–Kier alpha value is -3.60. The molecule has 4 fully saturated rings. The molecule has 6 rings (SSSR count). The van der Waals surface area contributed by atoms with Gasteiger partial charge in [-0.25, -0.2) is 0 Å². The highest BCUT2D eigenvalue weighted by molar-refractivity contribution is 5.87. The molecule has 1 N–H and O–H groups in total. The van der Waals surface area contributed by atoms with E-state index < -0.39 is 83.4 Å². The fourth-order valence-electron chi connectivity index (χ4n) is 9.77. The topological polar surface area (TPSA) is 177 Å². The van der Waals surface area contributed by atoms with E-state index >= 15 is 0 Å². The molecule has 58 heavy (non-hydrogen) atoms. The number of para-hydroxylation sites is 1. The third-order valence-corrected chi connectivity index (χ3v) is 13.0. The molecule has 2 bridgehead atoms. The fraction of sp³-hybridized carbons (Fsp3) is 0.721. The summed E-state index contributed by atoms with van der Waals surface area (Å²) < 4.78 is 39.0. The molecule has 0 amide bonds. The van der Waals surface area contributed by atoms with Crippen LogP contribution in [0, 0.1) is 29.6 Å². The monoisotopic (exact) mass is 810 g/mol. The van der Waals surface area contributed by atoms with Gasteiger partial charge in [0.1, 0.15) is 35.9 Å². The van der Waals surface area contributed by atoms with Crippen LogP contribution in [0.5, 0.6) is 0 Å². The fourth-order valence-corrected chi connectivity index (χ4v) is 9.77. The predicted octanol–water partition coefficient (Wildman–Crippen LogP) is 4.65. The van der Waals surface area contributed by atoms with Gasteiger partial charge in [-0.3, -0.25) is 24.4 Å². The van der Waals surface area contributed by atoms with Gasteiger partial charge in [-0.15, -0.1) is 0 Å². The van der Waals surface area contributed by atoms with Crippen LogP contribution in [0.2, 0.25) is 0 Å². The summed E-state index contributed by atoms with van der Waals surface area (Å²) >= 11 is 0. The number of rotatable bonds is 7. The molecule has 0 saturated carbocycles. The highest BCUT2D eigenvalue weighted by Crippen LogP contribution is 2.46. The van der Waals surface area contributed by atoms with Crippen LogP contribution in [0.3, 0.4) is 0 Å². The molecule has 15 nitrogen and oxygen atoms in total. The number of carbonyl (C=O) groups is 3. The van der Waals surface area contributed by atoms with Crippen molar-refractivity contribution in [1.29, 1.82) is 0 Å². The van der Waals surface area contributed by atoms with Gasteiger partial charge in [-0.05, 0) is 67.1 Å². The number of oxime groups is 1. The standard InChI is InChI=1S/C43H62N4O11/c1-11-33-43(8)30(18-34(48)58-43)25(4)36(49)23(2)19-42(7)39(57-41-37(50)32(47(9)10)17-24(3)55-41)26(5)38(27(6)40(51)56-33)52-21-29(22-53-42)46-54-20-28-13-12-14-31-35(28)45-16-15-44-31/h12-16,23-27,30,32-33,37-39,41,50H,11,17-22H2,1-10H3/b46-29-/t23-,24-,25-,26+,27-,30+,32+,33-,37-,38+,39-,41+,42-,43+/m1/s1. The third kappa shape index (κ3) is 8.95. The maximum Gasteiger partial charge on any atom is 0.311 e. The van der Waals surface area contributed by atoms with Crippen LogP contribution in [0.25, 0.3) is 11.0 Å². The Labute approximate surface area is 341 Å². The predicted molar refractivity (Wildman–Crippen MR) is 212 cm³/mol. The van der Waals surface area contributed by atoms with E-state index in [0.717, 1.165) is 11.1 Å². The molecule has 0 aliphatic carbocycles. The van der Waals surface area contributed by atoms with Gasteiger partial charge in [0.05, 0.1) is 60.5 Å². The zero-order chi connectivity index (χ0) is 42.1. The molecule has 5 heterocycles. The molecular formula is C43H62N4O11. The number of nitrogens with zero attached hydrogens (tertiary/aromatic N) is 4. The van der Waals surface area contributed by atoms with Crippen LogP contribution in [0.15, 0.2) is 35.7 Å². The second kappa shape index (κ2) is 17.9. The Bertz CT molecular complexity index is 1820. The number of cyclic esters (lactones) is 1. The minimum absolute atomic E-state index is 0.0231. The Morgan fingerprint density at radius 1 is 1.02 bits per heavy atom. The number of fused-ring (bicyclic) bond motifs is 5. The largest absolute Gasteiger partial charge is 0.458 e. The van der Waals surface area contributed by atoms with Gasteiger partial charge in [0.2, 0.25) is 0 Å². The number of Topliss-reactive ketones (excluding diaryl/α,β-unsaturated/α-hetero) is 1. The first kappa shape index (κ1) is 44.0. The zero-order valence-electron chi connectivity index (χ0n) is 35.6. The number of benzene rings is 1. The van der Waals surface area contributed by atoms with Crippen molar-refractivity contribution in [3.8, 4) is 0 Å². The Morgan fingerprint density at radius 3 is 2.48 bits per heavy atom. The number of carbonyl (C=O) groups excluding carboxylic acids is 3. The second-order valence-corrected chi connectivity index (χ2v) is 17.5. The highest BCUT2D eigenvalue weighted by atomic mass is 16.7. The lowest BCUT2D eigenvalue weighted by atomic mass is 9.70. The van der Waals surface area contributed by atoms with Crippen LogP contribution in [-0.4, -0.2) is 125 Å². The number of aliphatic hydroxyl groups is 1. The van der Waals surface area contributed by atoms with Crippen molar-refractivity contribution < 1.29 is 52.7 Å². The Balaban J connectivity index is 1.41. The molecule has 1 aromatic heterocycles.